The molecule has 5 N–H and O–H groups in total. The zero-order chi connectivity index (χ0) is 45.0. The molecule has 4 aliphatic heterocycles. The van der Waals surface area contributed by atoms with Gasteiger partial charge in [-0.05, 0) is 106 Å². The molecule has 3 saturated heterocycles. The van der Waals surface area contributed by atoms with Gasteiger partial charge < -0.3 is 30.9 Å². The molecule has 3 unspecified atom stereocenters. The zero-order valence-electron chi connectivity index (χ0n) is 37.0. The third-order valence-electron chi connectivity index (χ3n) is 13.9. The molecule has 6 heterocycles. The second-order valence-electron chi connectivity index (χ2n) is 18.8. The number of imide groups is 1. The first-order valence-corrected chi connectivity index (χ1v) is 24.0. The van der Waals surface area contributed by atoms with Gasteiger partial charge in [-0.3, -0.25) is 29.4 Å². The summed E-state index contributed by atoms with van der Waals surface area (Å²) in [5.74, 6) is 5.46. The molecule has 3 atom stereocenters. The molecule has 0 radical (unpaired) electrons. The quantitative estimate of drug-likeness (QED) is 0.0490. The molecule has 15 nitrogen and oxygen atoms in total. The number of anilines is 1. The first-order valence-electron chi connectivity index (χ1n) is 23.1. The monoisotopic (exact) mass is 898 g/mol. The third-order valence-corrected chi connectivity index (χ3v) is 14.9. The normalized spacial score (nSPS) is 22.7. The molecule has 1 saturated carbocycles. The minimum absolute atomic E-state index is 0.139. The predicted molar refractivity (Wildman–Crippen MR) is 246 cm³/mol. The Hall–Kier alpha value is -5.76. The summed E-state index contributed by atoms with van der Waals surface area (Å²) in [6.07, 6.45) is 17.2. The van der Waals surface area contributed by atoms with E-state index < -0.39 is 23.6 Å². The lowest BCUT2D eigenvalue weighted by atomic mass is 9.60. The van der Waals surface area contributed by atoms with Crippen LogP contribution in [0.1, 0.15) is 122 Å². The van der Waals surface area contributed by atoms with E-state index in [2.05, 4.69) is 77.0 Å². The van der Waals surface area contributed by atoms with Crippen LogP contribution in [-0.2, 0) is 16.1 Å². The summed E-state index contributed by atoms with van der Waals surface area (Å²) in [5.41, 5.74) is 4.80. The van der Waals surface area contributed by atoms with Crippen LogP contribution in [0.3, 0.4) is 0 Å². The van der Waals surface area contributed by atoms with Gasteiger partial charge in [0.25, 0.3) is 5.91 Å². The number of carbonyl (C=O) groups is 4. The standard InChI is InChI=1S/C49H58N10O5S/c1-48(56-47(63)64)17-19-50-28-40(48)43-45(53-21-20-52-43)65-38-10-8-9-36(24-38)51-18-6-4-2-3-5-7-22-57-31-49(32-57)25-37(26-49)59-29-34(27-54-59)12-11-33-13-14-39-35(23-33)30-58(46(39)62)41-15-16-42(60)55-44(41)61/h8-10,13-14,20-21,23-24,27,29,37,40-41,50-51,56H,2-7,15-19,22,25-26,28,30-32H2,1H3,(H,63,64)(H,55,60,61). The Morgan fingerprint density at radius 3 is 2.62 bits per heavy atom. The number of rotatable bonds is 16. The molecule has 1 spiro atoms. The summed E-state index contributed by atoms with van der Waals surface area (Å²) >= 11 is 1.57. The second-order valence-corrected chi connectivity index (χ2v) is 19.8. The average molecular weight is 899 g/mol. The van der Waals surface area contributed by atoms with Crippen molar-refractivity contribution < 1.29 is 24.3 Å². The van der Waals surface area contributed by atoms with Crippen molar-refractivity contribution >= 4 is 41.3 Å². The Kier molecular flexibility index (Phi) is 13.2. The van der Waals surface area contributed by atoms with Gasteiger partial charge in [-0.25, -0.2) is 9.78 Å². The number of benzene rings is 2. The van der Waals surface area contributed by atoms with Crippen LogP contribution < -0.4 is 21.3 Å². The molecule has 16 heteroatoms. The minimum atomic E-state index is -1.02. The van der Waals surface area contributed by atoms with E-state index in [0.29, 0.717) is 43.0 Å². The number of fused-ring (bicyclic) bond motifs is 1. The lowest BCUT2D eigenvalue weighted by Crippen LogP contribution is -2.62. The summed E-state index contributed by atoms with van der Waals surface area (Å²) in [4.78, 5) is 63.2. The van der Waals surface area contributed by atoms with Crippen LogP contribution in [-0.4, -0.2) is 109 Å². The number of nitrogens with zero attached hydrogens (tertiary/aromatic N) is 6. The predicted octanol–water partition coefficient (Wildman–Crippen LogP) is 6.18. The van der Waals surface area contributed by atoms with Crippen LogP contribution in [0.25, 0.3) is 0 Å². The van der Waals surface area contributed by atoms with Gasteiger partial charge in [0.05, 0.1) is 29.0 Å². The van der Waals surface area contributed by atoms with Crippen molar-refractivity contribution in [1.29, 1.82) is 0 Å². The van der Waals surface area contributed by atoms with Gasteiger partial charge in [-0.2, -0.15) is 5.10 Å². The number of hydrogen-bond acceptors (Lipinski definition) is 11. The fraction of sp³-hybridized carbons (Fsp3) is 0.490. The molecular weight excluding hydrogens is 841 g/mol. The maximum absolute atomic E-state index is 13.0. The molecule has 2 aromatic heterocycles. The van der Waals surface area contributed by atoms with Crippen LogP contribution in [0.4, 0.5) is 10.5 Å². The number of piperidine rings is 2. The summed E-state index contributed by atoms with van der Waals surface area (Å²) in [7, 11) is 0. The summed E-state index contributed by atoms with van der Waals surface area (Å²) in [6.45, 7) is 8.15. The molecule has 9 rings (SSSR count). The third kappa shape index (κ3) is 10.2. The van der Waals surface area contributed by atoms with Gasteiger partial charge in [0.2, 0.25) is 11.8 Å². The SMILES string of the molecule is CC1(NC(=O)O)CCNCC1c1nccnc1Sc1cccc(NCCCCCCCCN2CC3(CC(n4cc(C#Cc5ccc6c(c5)CN(C5CCC(=O)NC5=O)C6=O)cn4)C3)C2)c1. The highest BCUT2D eigenvalue weighted by Crippen LogP contribution is 2.54. The molecule has 4 aromatic rings. The lowest BCUT2D eigenvalue weighted by molar-refractivity contribution is -0.136. The molecule has 340 valence electrons. The Labute approximate surface area is 384 Å². The van der Waals surface area contributed by atoms with Crippen LogP contribution in [0.15, 0.2) is 77.2 Å². The fourth-order valence-electron chi connectivity index (χ4n) is 10.5. The maximum atomic E-state index is 13.0. The largest absolute Gasteiger partial charge is 0.465 e. The Morgan fingerprint density at radius 2 is 1.78 bits per heavy atom. The first-order chi connectivity index (χ1) is 31.5. The van der Waals surface area contributed by atoms with Crippen LogP contribution in [0.5, 0.6) is 0 Å². The van der Waals surface area contributed by atoms with E-state index in [0.717, 1.165) is 70.3 Å². The maximum Gasteiger partial charge on any atom is 0.405 e. The number of amides is 4. The topological polar surface area (TPSA) is 187 Å². The molecular formula is C49H58N10O5S. The van der Waals surface area contributed by atoms with Crippen molar-refractivity contribution in [1.82, 2.24) is 45.5 Å². The summed E-state index contributed by atoms with van der Waals surface area (Å²) in [6, 6.07) is 13.7. The number of carbonyl (C=O) groups excluding carboxylic acids is 3. The minimum Gasteiger partial charge on any atom is -0.465 e. The van der Waals surface area contributed by atoms with Crippen molar-refractivity contribution in [2.24, 2.45) is 5.41 Å². The highest BCUT2D eigenvalue weighted by Gasteiger charge is 2.52. The van der Waals surface area contributed by atoms with E-state index in [4.69, 9.17) is 4.98 Å². The molecule has 65 heavy (non-hydrogen) atoms. The lowest BCUT2D eigenvalue weighted by Gasteiger charge is -2.59. The van der Waals surface area contributed by atoms with E-state index in [1.165, 1.54) is 51.7 Å². The van der Waals surface area contributed by atoms with Crippen molar-refractivity contribution in [3.63, 3.8) is 0 Å². The molecule has 5 aliphatic rings. The molecule has 1 aliphatic carbocycles. The Morgan fingerprint density at radius 1 is 0.985 bits per heavy atom. The van der Waals surface area contributed by atoms with Gasteiger partial charge in [0.15, 0.2) is 0 Å². The van der Waals surface area contributed by atoms with E-state index in [1.54, 1.807) is 35.1 Å². The van der Waals surface area contributed by atoms with Gasteiger partial charge >= 0.3 is 6.09 Å². The average Bonchev–Trinajstić information content (AvgIpc) is 3.86. The number of carboxylic acid groups (broad SMARTS) is 1. The summed E-state index contributed by atoms with van der Waals surface area (Å²) < 4.78 is 2.08. The van der Waals surface area contributed by atoms with Gasteiger partial charge in [-0.1, -0.05) is 55.4 Å². The molecule has 4 amide bonds. The Balaban J connectivity index is 0.636. The van der Waals surface area contributed by atoms with Crippen molar-refractivity contribution in [3.8, 4) is 11.8 Å². The van der Waals surface area contributed by atoms with Crippen molar-refractivity contribution in [2.45, 2.75) is 118 Å². The van der Waals surface area contributed by atoms with Crippen molar-refractivity contribution in [2.75, 3.05) is 44.6 Å². The summed E-state index contributed by atoms with van der Waals surface area (Å²) in [5, 5.41) is 27.1. The fourth-order valence-corrected chi connectivity index (χ4v) is 11.4. The van der Waals surface area contributed by atoms with Crippen LogP contribution in [0.2, 0.25) is 0 Å². The second kappa shape index (κ2) is 19.4. The van der Waals surface area contributed by atoms with Crippen LogP contribution >= 0.6 is 11.8 Å². The van der Waals surface area contributed by atoms with Crippen molar-refractivity contribution in [3.05, 3.63) is 95.2 Å². The van der Waals surface area contributed by atoms with E-state index in [-0.39, 0.29) is 24.2 Å². The van der Waals surface area contributed by atoms with E-state index in [1.807, 2.05) is 31.5 Å². The van der Waals surface area contributed by atoms with Gasteiger partial charge in [0.1, 0.15) is 11.1 Å². The van der Waals surface area contributed by atoms with E-state index in [9.17, 15) is 24.3 Å². The number of hydrogen-bond donors (Lipinski definition) is 5. The van der Waals surface area contributed by atoms with Crippen LogP contribution in [0, 0.1) is 17.3 Å². The van der Waals surface area contributed by atoms with Gasteiger partial charge in [0, 0.05) is 85.4 Å². The number of likely N-dealkylation sites (tertiary alicyclic amines) is 1. The van der Waals surface area contributed by atoms with Gasteiger partial charge in [-0.15, -0.1) is 0 Å². The number of nitrogens with one attached hydrogen (secondary N) is 4. The number of aromatic nitrogens is 4. The molecule has 0 bridgehead atoms. The highest BCUT2D eigenvalue weighted by atomic mass is 32.2. The highest BCUT2D eigenvalue weighted by molar-refractivity contribution is 7.99. The smallest absolute Gasteiger partial charge is 0.405 e. The Bertz CT molecular complexity index is 2490. The first kappa shape index (κ1) is 44.4. The number of unbranched alkanes of at least 4 members (excludes halogenated alkanes) is 5. The molecule has 4 fully saturated rings. The zero-order valence-corrected chi connectivity index (χ0v) is 37.8. The van der Waals surface area contributed by atoms with E-state index >= 15 is 0 Å². The molecule has 2 aromatic carbocycles.